The van der Waals surface area contributed by atoms with E-state index >= 15 is 0 Å². The minimum absolute atomic E-state index is 0.00405. The predicted molar refractivity (Wildman–Crippen MR) is 75.0 cm³/mol. The van der Waals surface area contributed by atoms with Crippen molar-refractivity contribution in [3.05, 3.63) is 29.3 Å². The first-order chi connectivity index (χ1) is 8.73. The van der Waals surface area contributed by atoms with E-state index in [-0.39, 0.29) is 22.9 Å². The zero-order chi connectivity index (χ0) is 14.6. The van der Waals surface area contributed by atoms with Crippen molar-refractivity contribution in [3.63, 3.8) is 0 Å². The number of hydrogen-bond donors (Lipinski definition) is 2. The van der Waals surface area contributed by atoms with Crippen molar-refractivity contribution in [1.82, 2.24) is 0 Å². The maximum Gasteiger partial charge on any atom is 0.338 e. The van der Waals surface area contributed by atoms with Crippen LogP contribution in [0.15, 0.2) is 18.2 Å². The summed E-state index contributed by atoms with van der Waals surface area (Å²) in [4.78, 5) is 11.2. The molecule has 0 heterocycles. The Morgan fingerprint density at radius 2 is 2.00 bits per heavy atom. The Kier molecular flexibility index (Phi) is 4.94. The molecule has 1 aromatic carbocycles. The van der Waals surface area contributed by atoms with Gasteiger partial charge >= 0.3 is 5.97 Å². The molecule has 0 aliphatic carbocycles. The highest BCUT2D eigenvalue weighted by atomic mass is 32.2. The summed E-state index contributed by atoms with van der Waals surface area (Å²) >= 11 is 0. The fraction of sp³-hybridized carbons (Fsp3) is 0.462. The number of hydrogen-bond acceptors (Lipinski definition) is 3. The van der Waals surface area contributed by atoms with Crippen LogP contribution >= 0.6 is 0 Å². The van der Waals surface area contributed by atoms with Crippen LogP contribution in [-0.4, -0.2) is 25.2 Å². The Morgan fingerprint density at radius 3 is 2.53 bits per heavy atom. The first-order valence-corrected chi connectivity index (χ1v) is 7.71. The monoisotopic (exact) mass is 285 g/mol. The fourth-order valence-corrected chi connectivity index (χ4v) is 3.04. The minimum atomic E-state index is -3.52. The Bertz CT molecular complexity index is 564. The smallest absolute Gasteiger partial charge is 0.338 e. The van der Waals surface area contributed by atoms with Gasteiger partial charge in [-0.25, -0.2) is 13.2 Å². The van der Waals surface area contributed by atoms with Gasteiger partial charge in [0.15, 0.2) is 0 Å². The molecule has 0 aromatic heterocycles. The lowest BCUT2D eigenvalue weighted by atomic mass is 10.1. The molecule has 6 heteroatoms. The van der Waals surface area contributed by atoms with Crippen LogP contribution in [0.3, 0.4) is 0 Å². The third-order valence-electron chi connectivity index (χ3n) is 2.72. The largest absolute Gasteiger partial charge is 0.478 e. The number of anilines is 1. The zero-order valence-corrected chi connectivity index (χ0v) is 12.1. The average molecular weight is 285 g/mol. The number of aryl methyl sites for hydroxylation is 1. The molecular weight excluding hydrogens is 266 g/mol. The Labute approximate surface area is 113 Å². The number of sulfonamides is 1. The van der Waals surface area contributed by atoms with Gasteiger partial charge in [0, 0.05) is 0 Å². The Morgan fingerprint density at radius 1 is 1.37 bits per heavy atom. The molecule has 19 heavy (non-hydrogen) atoms. The quantitative estimate of drug-likeness (QED) is 0.841. The van der Waals surface area contributed by atoms with Crippen LogP contribution in [0.25, 0.3) is 0 Å². The summed E-state index contributed by atoms with van der Waals surface area (Å²) in [6.45, 7) is 5.51. The average Bonchev–Trinajstić information content (AvgIpc) is 2.25. The van der Waals surface area contributed by atoms with E-state index in [0.717, 1.165) is 0 Å². The molecule has 5 nitrogen and oxygen atoms in total. The lowest BCUT2D eigenvalue weighted by Gasteiger charge is -2.12. The molecule has 1 rings (SSSR count). The second kappa shape index (κ2) is 6.06. The molecular formula is C13H19NO4S. The van der Waals surface area contributed by atoms with Crippen LogP contribution < -0.4 is 4.72 Å². The maximum absolute atomic E-state index is 11.9. The Hall–Kier alpha value is -1.56. The van der Waals surface area contributed by atoms with E-state index in [1.54, 1.807) is 19.1 Å². The van der Waals surface area contributed by atoms with Gasteiger partial charge in [0.2, 0.25) is 10.0 Å². The molecule has 0 saturated carbocycles. The third kappa shape index (κ3) is 4.55. The van der Waals surface area contributed by atoms with Gasteiger partial charge < -0.3 is 5.11 Å². The number of carboxylic acid groups (broad SMARTS) is 1. The van der Waals surface area contributed by atoms with Gasteiger partial charge in [-0.1, -0.05) is 26.0 Å². The third-order valence-corrected chi connectivity index (χ3v) is 4.02. The van der Waals surface area contributed by atoms with Gasteiger partial charge in [-0.05, 0) is 30.9 Å². The standard InChI is InChI=1S/C13H19NO4S/c1-9(2)7-8-19(17,18)14-11-6-4-5-10(3)12(11)13(15)16/h4-6,9,14H,7-8H2,1-3H3,(H,15,16). The first-order valence-electron chi connectivity index (χ1n) is 6.06. The number of rotatable bonds is 6. The molecule has 106 valence electrons. The molecule has 1 aromatic rings. The highest BCUT2D eigenvalue weighted by Crippen LogP contribution is 2.21. The van der Waals surface area contributed by atoms with Crippen LogP contribution in [0.2, 0.25) is 0 Å². The van der Waals surface area contributed by atoms with Gasteiger partial charge in [-0.15, -0.1) is 0 Å². The molecule has 0 atom stereocenters. The van der Waals surface area contributed by atoms with Gasteiger partial charge in [0.05, 0.1) is 17.0 Å². The van der Waals surface area contributed by atoms with Crippen LogP contribution in [0.4, 0.5) is 5.69 Å². The number of aromatic carboxylic acids is 1. The van der Waals surface area contributed by atoms with Crippen molar-refractivity contribution in [3.8, 4) is 0 Å². The number of carbonyl (C=O) groups is 1. The summed E-state index contributed by atoms with van der Waals surface area (Å²) in [6.07, 6.45) is 0.531. The van der Waals surface area contributed by atoms with Crippen LogP contribution in [-0.2, 0) is 10.0 Å². The van der Waals surface area contributed by atoms with E-state index < -0.39 is 16.0 Å². The van der Waals surface area contributed by atoms with Crippen molar-refractivity contribution in [1.29, 1.82) is 0 Å². The van der Waals surface area contributed by atoms with Crippen LogP contribution in [0, 0.1) is 12.8 Å². The van der Waals surface area contributed by atoms with Gasteiger partial charge in [-0.3, -0.25) is 4.72 Å². The number of carboxylic acids is 1. The van der Waals surface area contributed by atoms with Crippen LogP contribution in [0.5, 0.6) is 0 Å². The van der Waals surface area contributed by atoms with E-state index in [1.165, 1.54) is 6.07 Å². The van der Waals surface area contributed by atoms with Crippen molar-refractivity contribution in [2.75, 3.05) is 10.5 Å². The molecule has 0 saturated heterocycles. The normalized spacial score (nSPS) is 11.6. The summed E-state index contributed by atoms with van der Waals surface area (Å²) in [6, 6.07) is 4.72. The molecule has 0 radical (unpaired) electrons. The van der Waals surface area contributed by atoms with E-state index in [2.05, 4.69) is 4.72 Å². The first kappa shape index (κ1) is 15.5. The molecule has 0 aliphatic heterocycles. The van der Waals surface area contributed by atoms with E-state index in [0.29, 0.717) is 12.0 Å². The molecule has 0 fully saturated rings. The highest BCUT2D eigenvalue weighted by molar-refractivity contribution is 7.92. The minimum Gasteiger partial charge on any atom is -0.478 e. The lowest BCUT2D eigenvalue weighted by molar-refractivity contribution is 0.0697. The second-order valence-corrected chi connectivity index (χ2v) is 6.75. The Balaban J connectivity index is 3.00. The molecule has 0 unspecified atom stereocenters. The molecule has 0 bridgehead atoms. The van der Waals surface area contributed by atoms with Crippen molar-refractivity contribution in [2.45, 2.75) is 27.2 Å². The topological polar surface area (TPSA) is 83.5 Å². The molecule has 2 N–H and O–H groups in total. The van der Waals surface area contributed by atoms with E-state index in [9.17, 15) is 13.2 Å². The van der Waals surface area contributed by atoms with Crippen molar-refractivity contribution in [2.24, 2.45) is 5.92 Å². The summed E-state index contributed by atoms with van der Waals surface area (Å²) in [5.41, 5.74) is 0.642. The van der Waals surface area contributed by atoms with E-state index in [4.69, 9.17) is 5.11 Å². The van der Waals surface area contributed by atoms with Crippen molar-refractivity contribution >= 4 is 21.7 Å². The summed E-state index contributed by atoms with van der Waals surface area (Å²) in [7, 11) is -3.52. The van der Waals surface area contributed by atoms with Crippen LogP contribution in [0.1, 0.15) is 36.2 Å². The van der Waals surface area contributed by atoms with Gasteiger partial charge in [-0.2, -0.15) is 0 Å². The fourth-order valence-electron chi connectivity index (χ4n) is 1.65. The van der Waals surface area contributed by atoms with Gasteiger partial charge in [0.25, 0.3) is 0 Å². The summed E-state index contributed by atoms with van der Waals surface area (Å²) in [5, 5.41) is 9.13. The highest BCUT2D eigenvalue weighted by Gasteiger charge is 2.18. The molecule has 0 aliphatic rings. The molecule has 0 amide bonds. The number of benzene rings is 1. The summed E-state index contributed by atoms with van der Waals surface area (Å²) in [5.74, 6) is -0.884. The van der Waals surface area contributed by atoms with E-state index in [1.807, 2.05) is 13.8 Å². The second-order valence-electron chi connectivity index (χ2n) is 4.91. The van der Waals surface area contributed by atoms with Gasteiger partial charge in [0.1, 0.15) is 0 Å². The number of nitrogens with one attached hydrogen (secondary N) is 1. The lowest BCUT2D eigenvalue weighted by Crippen LogP contribution is -2.20. The zero-order valence-electron chi connectivity index (χ0n) is 11.3. The summed E-state index contributed by atoms with van der Waals surface area (Å²) < 4.78 is 26.1. The predicted octanol–water partition coefficient (Wildman–Crippen LogP) is 2.48. The van der Waals surface area contributed by atoms with Crippen molar-refractivity contribution < 1.29 is 18.3 Å². The maximum atomic E-state index is 11.9. The molecule has 0 spiro atoms. The SMILES string of the molecule is Cc1cccc(NS(=O)(=O)CCC(C)C)c1C(=O)O.